The van der Waals surface area contributed by atoms with E-state index in [9.17, 15) is 9.59 Å². The summed E-state index contributed by atoms with van der Waals surface area (Å²) >= 11 is 0. The summed E-state index contributed by atoms with van der Waals surface area (Å²) in [6.07, 6.45) is 4.19. The standard InChI is InChI=1S/C24H47NO6/c1-6-23(26)18-30-13-7-12-28-14-10-21(4)8-9-22(5)24(27)19-31-17-16-29-15-11-25-20(2)3/h20-22,25H,6-19H2,1-5H3. The molecule has 0 saturated carbocycles. The van der Waals surface area contributed by atoms with Crippen LogP contribution in [0.3, 0.4) is 0 Å². The van der Waals surface area contributed by atoms with Crippen LogP contribution in [0.4, 0.5) is 0 Å². The Morgan fingerprint density at radius 3 is 2.10 bits per heavy atom. The van der Waals surface area contributed by atoms with Crippen molar-refractivity contribution < 1.29 is 28.5 Å². The number of hydrogen-bond donors (Lipinski definition) is 1. The van der Waals surface area contributed by atoms with Crippen LogP contribution in [0, 0.1) is 11.8 Å². The number of ketones is 2. The fourth-order valence-corrected chi connectivity index (χ4v) is 2.73. The molecule has 1 N–H and O–H groups in total. The largest absolute Gasteiger partial charge is 0.381 e. The number of carbonyl (C=O) groups is 2. The molecule has 0 saturated heterocycles. The third-order valence-corrected chi connectivity index (χ3v) is 5.05. The predicted octanol–water partition coefficient (Wildman–Crippen LogP) is 3.43. The molecule has 0 amide bonds. The van der Waals surface area contributed by atoms with Gasteiger partial charge in [-0.3, -0.25) is 9.59 Å². The van der Waals surface area contributed by atoms with Gasteiger partial charge in [0.1, 0.15) is 13.2 Å². The molecular formula is C24H47NO6. The zero-order valence-corrected chi connectivity index (χ0v) is 20.6. The number of nitrogens with one attached hydrogen (secondary N) is 1. The average Bonchev–Trinajstić information content (AvgIpc) is 2.74. The van der Waals surface area contributed by atoms with Crippen molar-refractivity contribution in [3.05, 3.63) is 0 Å². The highest BCUT2D eigenvalue weighted by atomic mass is 16.5. The lowest BCUT2D eigenvalue weighted by Crippen LogP contribution is -2.27. The van der Waals surface area contributed by atoms with Gasteiger partial charge in [-0.1, -0.05) is 34.6 Å². The molecule has 0 heterocycles. The second-order valence-electron chi connectivity index (χ2n) is 8.52. The minimum Gasteiger partial charge on any atom is -0.381 e. The Morgan fingerprint density at radius 1 is 0.742 bits per heavy atom. The normalized spacial score (nSPS) is 13.5. The van der Waals surface area contributed by atoms with Crippen molar-refractivity contribution in [1.29, 1.82) is 0 Å². The Hall–Kier alpha value is -0.860. The van der Waals surface area contributed by atoms with Crippen molar-refractivity contribution in [2.75, 3.05) is 59.4 Å². The summed E-state index contributed by atoms with van der Waals surface area (Å²) in [5.74, 6) is 0.824. The Kier molecular flexibility index (Phi) is 20.4. The number of carbonyl (C=O) groups excluding carboxylic acids is 2. The summed E-state index contributed by atoms with van der Waals surface area (Å²) in [7, 11) is 0. The van der Waals surface area contributed by atoms with Gasteiger partial charge in [0.15, 0.2) is 11.6 Å². The first-order valence-electron chi connectivity index (χ1n) is 12.0. The lowest BCUT2D eigenvalue weighted by atomic mass is 9.94. The van der Waals surface area contributed by atoms with E-state index in [0.29, 0.717) is 58.0 Å². The van der Waals surface area contributed by atoms with E-state index in [-0.39, 0.29) is 30.7 Å². The zero-order valence-electron chi connectivity index (χ0n) is 20.6. The van der Waals surface area contributed by atoms with Crippen molar-refractivity contribution in [2.45, 2.75) is 72.8 Å². The predicted molar refractivity (Wildman–Crippen MR) is 124 cm³/mol. The highest BCUT2D eigenvalue weighted by Gasteiger charge is 2.14. The fourth-order valence-electron chi connectivity index (χ4n) is 2.73. The molecule has 31 heavy (non-hydrogen) atoms. The molecule has 0 spiro atoms. The molecule has 2 unspecified atom stereocenters. The highest BCUT2D eigenvalue weighted by Crippen LogP contribution is 2.16. The van der Waals surface area contributed by atoms with E-state index in [1.54, 1.807) is 0 Å². The van der Waals surface area contributed by atoms with Crippen LogP contribution in [0.2, 0.25) is 0 Å². The number of ether oxygens (including phenoxy) is 4. The maximum Gasteiger partial charge on any atom is 0.161 e. The van der Waals surface area contributed by atoms with Crippen molar-refractivity contribution in [1.82, 2.24) is 5.32 Å². The van der Waals surface area contributed by atoms with E-state index in [1.165, 1.54) is 0 Å². The number of hydrogen-bond acceptors (Lipinski definition) is 7. The maximum absolute atomic E-state index is 12.2. The summed E-state index contributed by atoms with van der Waals surface area (Å²) in [5, 5.41) is 3.28. The van der Waals surface area contributed by atoms with Crippen molar-refractivity contribution in [3.8, 4) is 0 Å². The second kappa shape index (κ2) is 21.0. The molecule has 0 aliphatic rings. The van der Waals surface area contributed by atoms with Crippen LogP contribution in [0.1, 0.15) is 66.7 Å². The van der Waals surface area contributed by atoms with Gasteiger partial charge in [0, 0.05) is 44.7 Å². The van der Waals surface area contributed by atoms with E-state index in [1.807, 2.05) is 13.8 Å². The lowest BCUT2D eigenvalue weighted by Gasteiger charge is -2.15. The summed E-state index contributed by atoms with van der Waals surface area (Å²) < 4.78 is 21.8. The van der Waals surface area contributed by atoms with Crippen LogP contribution in [0.25, 0.3) is 0 Å². The van der Waals surface area contributed by atoms with Gasteiger partial charge in [0.2, 0.25) is 0 Å². The third kappa shape index (κ3) is 20.8. The molecule has 0 aliphatic carbocycles. The van der Waals surface area contributed by atoms with Crippen LogP contribution >= 0.6 is 0 Å². The smallest absolute Gasteiger partial charge is 0.161 e. The van der Waals surface area contributed by atoms with Crippen molar-refractivity contribution >= 4 is 11.6 Å². The highest BCUT2D eigenvalue weighted by molar-refractivity contribution is 5.81. The van der Waals surface area contributed by atoms with Crippen LogP contribution < -0.4 is 5.32 Å². The van der Waals surface area contributed by atoms with Crippen LogP contribution in [0.15, 0.2) is 0 Å². The van der Waals surface area contributed by atoms with Crippen LogP contribution in [-0.4, -0.2) is 77.0 Å². The minimum atomic E-state index is 0.0162. The van der Waals surface area contributed by atoms with Gasteiger partial charge in [-0.15, -0.1) is 0 Å². The minimum absolute atomic E-state index is 0.0162. The zero-order chi connectivity index (χ0) is 23.3. The molecule has 0 aromatic rings. The molecule has 0 aromatic heterocycles. The van der Waals surface area contributed by atoms with Crippen molar-refractivity contribution in [2.24, 2.45) is 11.8 Å². The van der Waals surface area contributed by atoms with Crippen LogP contribution in [-0.2, 0) is 28.5 Å². The van der Waals surface area contributed by atoms with E-state index >= 15 is 0 Å². The molecule has 7 heteroatoms. The van der Waals surface area contributed by atoms with Gasteiger partial charge in [0.25, 0.3) is 0 Å². The van der Waals surface area contributed by atoms with E-state index in [0.717, 1.165) is 32.2 Å². The molecule has 184 valence electrons. The first kappa shape index (κ1) is 30.1. The van der Waals surface area contributed by atoms with Gasteiger partial charge >= 0.3 is 0 Å². The van der Waals surface area contributed by atoms with Gasteiger partial charge in [0.05, 0.1) is 19.8 Å². The second-order valence-corrected chi connectivity index (χ2v) is 8.52. The Morgan fingerprint density at radius 2 is 1.39 bits per heavy atom. The molecule has 2 atom stereocenters. The van der Waals surface area contributed by atoms with Crippen LogP contribution in [0.5, 0.6) is 0 Å². The quantitative estimate of drug-likeness (QED) is 0.241. The number of rotatable bonds is 23. The third-order valence-electron chi connectivity index (χ3n) is 5.05. The molecule has 0 aromatic carbocycles. The summed E-state index contributed by atoms with van der Waals surface area (Å²) in [5.41, 5.74) is 0. The molecule has 0 aliphatic heterocycles. The first-order valence-corrected chi connectivity index (χ1v) is 12.0. The summed E-state index contributed by atoms with van der Waals surface area (Å²) in [6, 6.07) is 0.462. The average molecular weight is 446 g/mol. The first-order chi connectivity index (χ1) is 14.9. The van der Waals surface area contributed by atoms with E-state index < -0.39 is 0 Å². The molecule has 0 bridgehead atoms. The molecule has 0 fully saturated rings. The monoisotopic (exact) mass is 445 g/mol. The fraction of sp³-hybridized carbons (Fsp3) is 0.917. The summed E-state index contributed by atoms with van der Waals surface area (Å²) in [6.45, 7) is 15.0. The molecule has 7 nitrogen and oxygen atoms in total. The van der Waals surface area contributed by atoms with Gasteiger partial charge in [-0.2, -0.15) is 0 Å². The Bertz CT molecular complexity index is 444. The number of Topliss-reactive ketones (excluding diaryl/α,β-unsaturated/α-hetero) is 2. The Balaban J connectivity index is 3.52. The molecule has 0 rings (SSSR count). The van der Waals surface area contributed by atoms with Gasteiger partial charge in [-0.25, -0.2) is 0 Å². The molecule has 0 radical (unpaired) electrons. The van der Waals surface area contributed by atoms with E-state index in [2.05, 4.69) is 26.1 Å². The van der Waals surface area contributed by atoms with Gasteiger partial charge in [-0.05, 0) is 31.6 Å². The topological polar surface area (TPSA) is 83.1 Å². The molecular weight excluding hydrogens is 398 g/mol. The van der Waals surface area contributed by atoms with Crippen molar-refractivity contribution in [3.63, 3.8) is 0 Å². The van der Waals surface area contributed by atoms with E-state index in [4.69, 9.17) is 18.9 Å². The van der Waals surface area contributed by atoms with Gasteiger partial charge < -0.3 is 24.3 Å². The SMILES string of the molecule is CCC(=O)COCCCOCCC(C)CCC(C)C(=O)COCCOCCNC(C)C. The Labute approximate surface area is 189 Å². The summed E-state index contributed by atoms with van der Waals surface area (Å²) in [4.78, 5) is 23.3. The maximum atomic E-state index is 12.2. The lowest BCUT2D eigenvalue weighted by molar-refractivity contribution is -0.127.